The molecule has 0 spiro atoms. The summed E-state index contributed by atoms with van der Waals surface area (Å²) in [5.41, 5.74) is -0.649. The van der Waals surface area contributed by atoms with E-state index in [0.29, 0.717) is 0 Å². The molecule has 2 atom stereocenters. The Morgan fingerprint density at radius 2 is 1.94 bits per heavy atom. The zero-order valence-corrected chi connectivity index (χ0v) is 11.3. The first-order valence-electron chi connectivity index (χ1n) is 5.44. The van der Waals surface area contributed by atoms with Gasteiger partial charge >= 0.3 is 16.3 Å². The fourth-order valence-electron chi connectivity index (χ4n) is 1.76. The van der Waals surface area contributed by atoms with Crippen LogP contribution in [0.15, 0.2) is 0 Å². The Balaban J connectivity index is 2.72. The molecule has 1 saturated heterocycles. The van der Waals surface area contributed by atoms with Crippen molar-refractivity contribution in [1.82, 2.24) is 4.90 Å². The lowest BCUT2D eigenvalue weighted by molar-refractivity contribution is 0.0239. The summed E-state index contributed by atoms with van der Waals surface area (Å²) in [7, 11) is -4.60. The molecular weight excluding hydrogens is 249 g/mol. The minimum atomic E-state index is -4.60. The van der Waals surface area contributed by atoms with Gasteiger partial charge in [-0.3, -0.25) is 0 Å². The van der Waals surface area contributed by atoms with Gasteiger partial charge in [0.05, 0.1) is 0 Å². The second kappa shape index (κ2) is 4.44. The van der Waals surface area contributed by atoms with Gasteiger partial charge in [0.25, 0.3) is 0 Å². The molecule has 0 saturated carbocycles. The zero-order valence-electron chi connectivity index (χ0n) is 10.4. The summed E-state index contributed by atoms with van der Waals surface area (Å²) in [6.07, 6.45) is -0.492. The molecule has 1 fully saturated rings. The van der Waals surface area contributed by atoms with Crippen LogP contribution in [0, 0.1) is 0 Å². The molecule has 5 nitrogen and oxygen atoms in total. The molecule has 1 aliphatic rings. The van der Waals surface area contributed by atoms with Crippen LogP contribution in [0.25, 0.3) is 0 Å². The molecule has 0 aromatic carbocycles. The molecule has 1 heterocycles. The molecule has 1 aliphatic heterocycles. The third-order valence-electron chi connectivity index (χ3n) is 2.56. The standard InChI is InChI=1S/C10H18FNO4S/c1-7-5-8(17(11,14)15)6-12(7)9(13)16-10(2,3)4/h7-8H,5-6H2,1-4H3. The smallest absolute Gasteiger partial charge is 0.410 e. The van der Waals surface area contributed by atoms with Gasteiger partial charge in [-0.2, -0.15) is 8.42 Å². The predicted molar refractivity (Wildman–Crippen MR) is 60.8 cm³/mol. The number of carbonyl (C=O) groups is 1. The lowest BCUT2D eigenvalue weighted by Crippen LogP contribution is -2.39. The molecule has 0 N–H and O–H groups in total. The van der Waals surface area contributed by atoms with Gasteiger partial charge in [-0.05, 0) is 34.1 Å². The van der Waals surface area contributed by atoms with Gasteiger partial charge in [0.2, 0.25) is 0 Å². The first-order valence-corrected chi connectivity index (χ1v) is 6.88. The number of likely N-dealkylation sites (tertiary alicyclic amines) is 1. The SMILES string of the molecule is CC1CC(S(=O)(=O)F)CN1C(=O)OC(C)(C)C. The van der Waals surface area contributed by atoms with Gasteiger partial charge in [-0.15, -0.1) is 3.89 Å². The molecule has 2 unspecified atom stereocenters. The normalized spacial score (nSPS) is 26.1. The van der Waals surface area contributed by atoms with Crippen molar-refractivity contribution in [1.29, 1.82) is 0 Å². The van der Waals surface area contributed by atoms with Crippen LogP contribution < -0.4 is 0 Å². The molecule has 1 amide bonds. The van der Waals surface area contributed by atoms with Crippen molar-refractivity contribution in [3.63, 3.8) is 0 Å². The summed E-state index contributed by atoms with van der Waals surface area (Å²) in [5, 5.41) is -1.13. The number of amides is 1. The Bertz CT molecular complexity index is 401. The first-order chi connectivity index (χ1) is 7.50. The fraction of sp³-hybridized carbons (Fsp3) is 0.900. The van der Waals surface area contributed by atoms with Crippen molar-refractivity contribution < 1.29 is 21.8 Å². The monoisotopic (exact) mass is 267 g/mol. The average Bonchev–Trinajstić information content (AvgIpc) is 2.42. The van der Waals surface area contributed by atoms with Gasteiger partial charge < -0.3 is 9.64 Å². The Kier molecular flexibility index (Phi) is 3.71. The van der Waals surface area contributed by atoms with Crippen LogP contribution in [0.2, 0.25) is 0 Å². The van der Waals surface area contributed by atoms with Crippen molar-refractivity contribution >= 4 is 16.3 Å². The number of hydrogen-bond donors (Lipinski definition) is 0. The van der Waals surface area contributed by atoms with E-state index < -0.39 is 27.2 Å². The molecule has 17 heavy (non-hydrogen) atoms. The van der Waals surface area contributed by atoms with Crippen molar-refractivity contribution in [2.45, 2.75) is 51.0 Å². The van der Waals surface area contributed by atoms with Crippen LogP contribution in [0.1, 0.15) is 34.1 Å². The quantitative estimate of drug-likeness (QED) is 0.678. The largest absolute Gasteiger partial charge is 0.444 e. The highest BCUT2D eigenvalue weighted by Gasteiger charge is 2.41. The van der Waals surface area contributed by atoms with Crippen molar-refractivity contribution in [2.24, 2.45) is 0 Å². The van der Waals surface area contributed by atoms with Crippen LogP contribution in [-0.4, -0.2) is 42.8 Å². The predicted octanol–water partition coefficient (Wildman–Crippen LogP) is 1.68. The van der Waals surface area contributed by atoms with Crippen LogP contribution in [0.5, 0.6) is 0 Å². The van der Waals surface area contributed by atoms with Crippen LogP contribution in [0.4, 0.5) is 8.68 Å². The first kappa shape index (κ1) is 14.2. The Morgan fingerprint density at radius 1 is 1.41 bits per heavy atom. The topological polar surface area (TPSA) is 63.7 Å². The maximum Gasteiger partial charge on any atom is 0.410 e. The summed E-state index contributed by atoms with van der Waals surface area (Å²) in [6.45, 7) is 6.68. The molecule has 0 bridgehead atoms. The Labute approximate surface area is 101 Å². The molecule has 0 aliphatic carbocycles. The maximum absolute atomic E-state index is 12.8. The minimum Gasteiger partial charge on any atom is -0.444 e. The lowest BCUT2D eigenvalue weighted by atomic mass is 10.2. The fourth-order valence-corrected chi connectivity index (χ4v) is 2.61. The summed E-state index contributed by atoms with van der Waals surface area (Å²) >= 11 is 0. The van der Waals surface area contributed by atoms with E-state index in [-0.39, 0.29) is 19.0 Å². The van der Waals surface area contributed by atoms with Crippen molar-refractivity contribution in [3.05, 3.63) is 0 Å². The van der Waals surface area contributed by atoms with E-state index >= 15 is 0 Å². The number of halogens is 1. The van der Waals surface area contributed by atoms with E-state index in [1.807, 2.05) is 0 Å². The van der Waals surface area contributed by atoms with Crippen LogP contribution in [0.3, 0.4) is 0 Å². The third-order valence-corrected chi connectivity index (χ3v) is 3.70. The van der Waals surface area contributed by atoms with Crippen molar-refractivity contribution in [2.75, 3.05) is 6.54 Å². The van der Waals surface area contributed by atoms with Crippen molar-refractivity contribution in [3.8, 4) is 0 Å². The zero-order chi connectivity index (χ0) is 13.4. The summed E-state index contributed by atoms with van der Waals surface area (Å²) < 4.78 is 39.5. The van der Waals surface area contributed by atoms with E-state index in [2.05, 4.69) is 0 Å². The minimum absolute atomic E-state index is 0.109. The van der Waals surface area contributed by atoms with Crippen LogP contribution in [-0.2, 0) is 15.0 Å². The van der Waals surface area contributed by atoms with Gasteiger partial charge in [0.15, 0.2) is 0 Å². The summed E-state index contributed by atoms with van der Waals surface area (Å²) in [4.78, 5) is 13.0. The molecule has 7 heteroatoms. The second-order valence-electron chi connectivity index (χ2n) is 5.32. The van der Waals surface area contributed by atoms with E-state index in [0.717, 1.165) is 0 Å². The number of ether oxygens (including phenoxy) is 1. The van der Waals surface area contributed by atoms with E-state index in [1.165, 1.54) is 4.90 Å². The molecule has 100 valence electrons. The number of nitrogens with zero attached hydrogens (tertiary/aromatic N) is 1. The second-order valence-corrected chi connectivity index (χ2v) is 6.93. The highest BCUT2D eigenvalue weighted by Crippen LogP contribution is 2.25. The Hall–Kier alpha value is -0.850. The van der Waals surface area contributed by atoms with E-state index in [4.69, 9.17) is 4.74 Å². The van der Waals surface area contributed by atoms with Gasteiger partial charge in [-0.1, -0.05) is 0 Å². The van der Waals surface area contributed by atoms with Crippen LogP contribution >= 0.6 is 0 Å². The summed E-state index contributed by atoms with van der Waals surface area (Å²) in [6, 6.07) is -0.333. The molecule has 0 aromatic heterocycles. The third kappa shape index (κ3) is 3.83. The highest BCUT2D eigenvalue weighted by atomic mass is 32.3. The molecule has 0 radical (unpaired) electrons. The molecular formula is C10H18FNO4S. The van der Waals surface area contributed by atoms with Gasteiger partial charge in [-0.25, -0.2) is 4.79 Å². The summed E-state index contributed by atoms with van der Waals surface area (Å²) in [5.74, 6) is 0. The highest BCUT2D eigenvalue weighted by molar-refractivity contribution is 7.87. The molecule has 1 rings (SSSR count). The maximum atomic E-state index is 12.8. The lowest BCUT2D eigenvalue weighted by Gasteiger charge is -2.26. The Morgan fingerprint density at radius 3 is 2.29 bits per heavy atom. The molecule has 0 aromatic rings. The average molecular weight is 267 g/mol. The van der Waals surface area contributed by atoms with E-state index in [1.54, 1.807) is 27.7 Å². The van der Waals surface area contributed by atoms with Gasteiger partial charge in [0, 0.05) is 12.6 Å². The number of hydrogen-bond acceptors (Lipinski definition) is 4. The number of rotatable bonds is 1. The van der Waals surface area contributed by atoms with E-state index in [9.17, 15) is 17.1 Å². The number of carbonyl (C=O) groups excluding carboxylic acids is 1. The van der Waals surface area contributed by atoms with Gasteiger partial charge in [0.1, 0.15) is 10.9 Å².